The van der Waals surface area contributed by atoms with E-state index in [0.717, 1.165) is 55.8 Å². The van der Waals surface area contributed by atoms with Crippen molar-refractivity contribution >= 4 is 11.6 Å². The van der Waals surface area contributed by atoms with Crippen molar-refractivity contribution in [3.63, 3.8) is 0 Å². The molecule has 0 spiro atoms. The molecule has 0 aliphatic heterocycles. The van der Waals surface area contributed by atoms with E-state index in [2.05, 4.69) is 59.5 Å². The van der Waals surface area contributed by atoms with Gasteiger partial charge in [0.1, 0.15) is 0 Å². The summed E-state index contributed by atoms with van der Waals surface area (Å²) in [5.41, 5.74) is 7.96. The fourth-order valence-corrected chi connectivity index (χ4v) is 8.50. The highest BCUT2D eigenvalue weighted by Gasteiger charge is 2.58. The normalized spacial score (nSPS) is 35.1. The van der Waals surface area contributed by atoms with Gasteiger partial charge in [0.15, 0.2) is 18.9 Å². The van der Waals surface area contributed by atoms with Crippen molar-refractivity contribution in [3.05, 3.63) is 77.6 Å². The van der Waals surface area contributed by atoms with E-state index in [1.807, 2.05) is 30.3 Å². The lowest BCUT2D eigenvalue weighted by Gasteiger charge is -2.57. The first-order chi connectivity index (χ1) is 18.3. The zero-order chi connectivity index (χ0) is 26.3. The van der Waals surface area contributed by atoms with Gasteiger partial charge in [-0.1, -0.05) is 49.8 Å². The van der Waals surface area contributed by atoms with Gasteiger partial charge in [0.2, 0.25) is 5.91 Å². The molecule has 1 aromatic carbocycles. The maximum absolute atomic E-state index is 12.7. The van der Waals surface area contributed by atoms with Gasteiger partial charge in [-0.15, -0.1) is 0 Å². The maximum Gasteiger partial charge on any atom is 0.244 e. The summed E-state index contributed by atoms with van der Waals surface area (Å²) < 4.78 is 2.14. The maximum atomic E-state index is 12.7. The summed E-state index contributed by atoms with van der Waals surface area (Å²) in [6.45, 7) is 5.66. The lowest BCUT2D eigenvalue weighted by atomic mass is 9.47. The predicted molar refractivity (Wildman–Crippen MR) is 149 cm³/mol. The van der Waals surface area contributed by atoms with E-state index in [9.17, 15) is 9.90 Å². The molecular weight excluding hydrogens is 470 g/mol. The molecule has 2 N–H and O–H groups in total. The molecule has 1 amide bonds. The summed E-state index contributed by atoms with van der Waals surface area (Å²) in [5, 5.41) is 15.3. The molecule has 3 saturated carbocycles. The van der Waals surface area contributed by atoms with Crippen LogP contribution in [0.3, 0.4) is 0 Å². The number of benzene rings is 1. The second-order valence-corrected chi connectivity index (χ2v) is 12.8. The van der Waals surface area contributed by atoms with Gasteiger partial charge >= 0.3 is 0 Å². The molecule has 6 atom stereocenters. The van der Waals surface area contributed by atoms with Gasteiger partial charge in [0, 0.05) is 17.7 Å². The van der Waals surface area contributed by atoms with E-state index < -0.39 is 0 Å². The lowest BCUT2D eigenvalue weighted by molar-refractivity contribution is -0.688. The van der Waals surface area contributed by atoms with Crippen molar-refractivity contribution in [2.45, 2.75) is 84.3 Å². The second kappa shape index (κ2) is 10.1. The first-order valence-electron chi connectivity index (χ1n) is 14.6. The van der Waals surface area contributed by atoms with Crippen LogP contribution in [0.4, 0.5) is 0 Å². The molecule has 200 valence electrons. The summed E-state index contributed by atoms with van der Waals surface area (Å²) in [5.74, 6) is 2.06. The van der Waals surface area contributed by atoms with Gasteiger partial charge in [-0.25, -0.2) is 9.99 Å². The third kappa shape index (κ3) is 4.64. The predicted octanol–water partition coefficient (Wildman–Crippen LogP) is 5.36. The summed E-state index contributed by atoms with van der Waals surface area (Å²) in [6.07, 6.45) is 15.6. The average Bonchev–Trinajstić information content (AvgIpc) is 3.23. The number of allylic oxidation sites excluding steroid dienone is 2. The van der Waals surface area contributed by atoms with Crippen LogP contribution < -0.4 is 9.99 Å². The summed E-state index contributed by atoms with van der Waals surface area (Å²) in [7, 11) is 0. The third-order valence-electron chi connectivity index (χ3n) is 10.8. The highest BCUT2D eigenvalue weighted by atomic mass is 16.3. The summed E-state index contributed by atoms with van der Waals surface area (Å²) in [4.78, 5) is 12.7. The number of nitrogens with zero attached hydrogens (tertiary/aromatic N) is 2. The molecule has 5 nitrogen and oxygen atoms in total. The van der Waals surface area contributed by atoms with Crippen LogP contribution in [0.25, 0.3) is 0 Å². The van der Waals surface area contributed by atoms with Crippen LogP contribution in [0.5, 0.6) is 0 Å². The van der Waals surface area contributed by atoms with E-state index in [1.165, 1.54) is 30.4 Å². The Kier molecular flexibility index (Phi) is 6.75. The Morgan fingerprint density at radius 3 is 2.53 bits per heavy atom. The van der Waals surface area contributed by atoms with Crippen LogP contribution in [0.15, 0.2) is 71.6 Å². The van der Waals surface area contributed by atoms with Crippen molar-refractivity contribution in [2.75, 3.05) is 0 Å². The SMILES string of the molecule is C[C@]12CC[C@H]3[C@@H](CCC4=C/C(=N/NC(=O)Cc5ccc(C[n+]6ccccc6)cc5)CC[C@@]43C)[C@@H]1CC[C@@H]2O. The fraction of sp³-hybridized carbons (Fsp3) is 0.545. The molecule has 4 aliphatic rings. The van der Waals surface area contributed by atoms with Gasteiger partial charge in [0.05, 0.1) is 18.2 Å². The zero-order valence-electron chi connectivity index (χ0n) is 22.9. The van der Waals surface area contributed by atoms with Gasteiger partial charge in [0.25, 0.3) is 0 Å². The number of aliphatic hydroxyl groups is 1. The molecule has 0 saturated heterocycles. The molecule has 4 aliphatic carbocycles. The van der Waals surface area contributed by atoms with Crippen LogP contribution in [-0.4, -0.2) is 22.8 Å². The van der Waals surface area contributed by atoms with Crippen LogP contribution >= 0.6 is 0 Å². The fourth-order valence-electron chi connectivity index (χ4n) is 8.50. The largest absolute Gasteiger partial charge is 0.393 e. The minimum Gasteiger partial charge on any atom is -0.393 e. The van der Waals surface area contributed by atoms with E-state index >= 15 is 0 Å². The van der Waals surface area contributed by atoms with E-state index in [1.54, 1.807) is 0 Å². The Hall–Kier alpha value is -2.79. The summed E-state index contributed by atoms with van der Waals surface area (Å²) >= 11 is 0. The Morgan fingerprint density at radius 2 is 1.74 bits per heavy atom. The number of rotatable bonds is 5. The molecule has 0 unspecified atom stereocenters. The molecule has 6 rings (SSSR count). The van der Waals surface area contributed by atoms with Crippen molar-refractivity contribution in [1.82, 2.24) is 5.43 Å². The Balaban J connectivity index is 1.07. The summed E-state index contributed by atoms with van der Waals surface area (Å²) in [6, 6.07) is 14.3. The molecule has 0 radical (unpaired) electrons. The van der Waals surface area contributed by atoms with Crippen LogP contribution in [0.1, 0.15) is 76.3 Å². The van der Waals surface area contributed by atoms with Crippen molar-refractivity contribution in [2.24, 2.45) is 33.7 Å². The zero-order valence-corrected chi connectivity index (χ0v) is 22.9. The highest BCUT2D eigenvalue weighted by Crippen LogP contribution is 2.65. The van der Waals surface area contributed by atoms with Crippen LogP contribution in [-0.2, 0) is 17.8 Å². The standard InChI is InChI=1S/C33H41N3O2/c1-32-16-14-26(21-25(32)10-11-27-28-12-13-30(37)33(28,2)17-15-29(27)32)34-35-31(38)20-23-6-8-24(9-7-23)22-36-18-4-3-5-19-36/h3-9,18-19,21,27-30,37H,10-17,20,22H2,1-2H3/p+1/b34-26+/t27-,28-,29-,30-,32-,33-/m0/s1. The number of hydrogen-bond acceptors (Lipinski definition) is 3. The quantitative estimate of drug-likeness (QED) is 0.418. The van der Waals surface area contributed by atoms with Crippen LogP contribution in [0.2, 0.25) is 0 Å². The second-order valence-electron chi connectivity index (χ2n) is 12.8. The Bertz CT molecular complexity index is 1240. The number of fused-ring (bicyclic) bond motifs is 5. The molecule has 0 bridgehead atoms. The van der Waals surface area contributed by atoms with Crippen molar-refractivity contribution in [3.8, 4) is 0 Å². The molecule has 1 heterocycles. The van der Waals surface area contributed by atoms with Crippen molar-refractivity contribution < 1.29 is 14.5 Å². The molecule has 38 heavy (non-hydrogen) atoms. The molecular formula is C33H42N3O2+. The number of carbonyl (C=O) groups is 1. The number of aromatic nitrogens is 1. The smallest absolute Gasteiger partial charge is 0.244 e. The van der Waals surface area contributed by atoms with Gasteiger partial charge in [-0.05, 0) is 91.6 Å². The van der Waals surface area contributed by atoms with Gasteiger partial charge < -0.3 is 5.11 Å². The molecule has 3 fully saturated rings. The molecule has 5 heteroatoms. The van der Waals surface area contributed by atoms with Gasteiger partial charge in [-0.3, -0.25) is 4.79 Å². The number of aliphatic hydroxyl groups excluding tert-OH is 1. The monoisotopic (exact) mass is 512 g/mol. The lowest BCUT2D eigenvalue weighted by Crippen LogP contribution is -2.51. The average molecular weight is 513 g/mol. The first kappa shape index (κ1) is 25.5. The first-order valence-corrected chi connectivity index (χ1v) is 14.6. The number of pyridine rings is 1. The van der Waals surface area contributed by atoms with Crippen LogP contribution in [0, 0.1) is 28.6 Å². The van der Waals surface area contributed by atoms with E-state index in [-0.39, 0.29) is 22.8 Å². The highest BCUT2D eigenvalue weighted by molar-refractivity contribution is 5.97. The number of hydrogen-bond donors (Lipinski definition) is 2. The number of hydrazone groups is 1. The minimum absolute atomic E-state index is 0.0653. The topological polar surface area (TPSA) is 65.6 Å². The van der Waals surface area contributed by atoms with Crippen molar-refractivity contribution in [1.29, 1.82) is 0 Å². The Morgan fingerprint density at radius 1 is 0.974 bits per heavy atom. The van der Waals surface area contributed by atoms with E-state index in [4.69, 9.17) is 0 Å². The molecule has 2 aromatic rings. The number of nitrogens with one attached hydrogen (secondary N) is 1. The number of amides is 1. The third-order valence-corrected chi connectivity index (χ3v) is 10.8. The molecule has 1 aromatic heterocycles. The Labute approximate surface area is 227 Å². The van der Waals surface area contributed by atoms with E-state index in [0.29, 0.717) is 18.3 Å². The van der Waals surface area contributed by atoms with Gasteiger partial charge in [-0.2, -0.15) is 5.10 Å². The number of carbonyl (C=O) groups excluding carboxylic acids is 1. The minimum atomic E-state index is -0.113.